The Morgan fingerprint density at radius 1 is 1.47 bits per heavy atom. The van der Waals surface area contributed by atoms with Crippen molar-refractivity contribution in [2.24, 2.45) is 5.92 Å². The van der Waals surface area contributed by atoms with Crippen LogP contribution in [0.5, 0.6) is 0 Å². The zero-order valence-electron chi connectivity index (χ0n) is 10.4. The van der Waals surface area contributed by atoms with E-state index in [4.69, 9.17) is 9.94 Å². The van der Waals surface area contributed by atoms with Crippen LogP contribution in [-0.4, -0.2) is 26.1 Å². The van der Waals surface area contributed by atoms with Gasteiger partial charge in [-0.2, -0.15) is 0 Å². The molecule has 0 aliphatic carbocycles. The van der Waals surface area contributed by atoms with Crippen LogP contribution in [0.25, 0.3) is 0 Å². The Balaban J connectivity index is 2.96. The van der Waals surface area contributed by atoms with E-state index in [0.29, 0.717) is 3.57 Å². The molecule has 1 aromatic carbocycles. The smallest absolute Gasteiger partial charge is 0.336 e. The zero-order valence-corrected chi connectivity index (χ0v) is 13.4. The van der Waals surface area contributed by atoms with Gasteiger partial charge in [-0.25, -0.2) is 13.2 Å². The van der Waals surface area contributed by atoms with Gasteiger partial charge in [0.25, 0.3) is 10.0 Å². The van der Waals surface area contributed by atoms with Gasteiger partial charge in [0, 0.05) is 3.57 Å². The van der Waals surface area contributed by atoms with Gasteiger partial charge in [0.05, 0.1) is 17.1 Å². The number of hydrogen-bond donors (Lipinski definition) is 2. The number of hydrogen-bond acceptors (Lipinski definition) is 4. The van der Waals surface area contributed by atoms with Crippen LogP contribution in [0.2, 0.25) is 0 Å². The number of carbonyl (C=O) groups is 1. The van der Waals surface area contributed by atoms with Crippen molar-refractivity contribution in [3.63, 3.8) is 0 Å². The van der Waals surface area contributed by atoms with Crippen molar-refractivity contribution in [1.82, 2.24) is 4.89 Å². The van der Waals surface area contributed by atoms with Crippen LogP contribution >= 0.6 is 22.6 Å². The Hall–Kier alpha value is -0.710. The number of benzene rings is 1. The minimum absolute atomic E-state index is 0.0627. The highest BCUT2D eigenvalue weighted by atomic mass is 127. The topological polar surface area (TPSA) is 92.7 Å². The van der Waals surface area contributed by atoms with Crippen molar-refractivity contribution in [2.45, 2.75) is 18.7 Å². The maximum atomic E-state index is 11.9. The molecule has 0 amide bonds. The van der Waals surface area contributed by atoms with E-state index >= 15 is 0 Å². The lowest BCUT2D eigenvalue weighted by Gasteiger charge is -2.09. The van der Waals surface area contributed by atoms with E-state index in [1.54, 1.807) is 0 Å². The highest BCUT2D eigenvalue weighted by molar-refractivity contribution is 14.1. The summed E-state index contributed by atoms with van der Waals surface area (Å²) in [6.07, 6.45) is 0. The van der Waals surface area contributed by atoms with Crippen molar-refractivity contribution in [3.05, 3.63) is 27.3 Å². The number of halogens is 1. The first-order valence-electron chi connectivity index (χ1n) is 5.40. The van der Waals surface area contributed by atoms with Gasteiger partial charge in [0.2, 0.25) is 0 Å². The average Bonchev–Trinajstić information content (AvgIpc) is 2.27. The fourth-order valence-corrected chi connectivity index (χ4v) is 2.57. The van der Waals surface area contributed by atoms with Crippen LogP contribution in [0.15, 0.2) is 23.1 Å². The third kappa shape index (κ3) is 4.71. The normalized spacial score (nSPS) is 11.8. The van der Waals surface area contributed by atoms with Crippen molar-refractivity contribution >= 4 is 38.6 Å². The molecule has 0 saturated carbocycles. The molecule has 0 radical (unpaired) electrons. The molecular formula is C11H14INO5S. The summed E-state index contributed by atoms with van der Waals surface area (Å²) in [7, 11) is -3.87. The van der Waals surface area contributed by atoms with Crippen molar-refractivity contribution in [1.29, 1.82) is 0 Å². The predicted molar refractivity (Wildman–Crippen MR) is 77.2 cm³/mol. The molecule has 0 aromatic heterocycles. The lowest BCUT2D eigenvalue weighted by atomic mass is 10.2. The molecule has 0 unspecified atom stereocenters. The van der Waals surface area contributed by atoms with Gasteiger partial charge < -0.3 is 5.11 Å². The summed E-state index contributed by atoms with van der Waals surface area (Å²) in [5.41, 5.74) is -0.0627. The number of carboxylic acid groups (broad SMARTS) is 1. The van der Waals surface area contributed by atoms with Gasteiger partial charge in [-0.05, 0) is 46.7 Å². The summed E-state index contributed by atoms with van der Waals surface area (Å²) in [5.74, 6) is -1.00. The van der Waals surface area contributed by atoms with Crippen LogP contribution in [0.1, 0.15) is 24.2 Å². The van der Waals surface area contributed by atoms with E-state index in [9.17, 15) is 13.2 Å². The maximum Gasteiger partial charge on any atom is 0.336 e. The minimum Gasteiger partial charge on any atom is -0.478 e. The minimum atomic E-state index is -3.87. The number of sulfonamides is 1. The fourth-order valence-electron chi connectivity index (χ4n) is 1.16. The Morgan fingerprint density at radius 2 is 2.11 bits per heavy atom. The molecule has 19 heavy (non-hydrogen) atoms. The third-order valence-electron chi connectivity index (χ3n) is 2.06. The van der Waals surface area contributed by atoms with Gasteiger partial charge >= 0.3 is 5.97 Å². The highest BCUT2D eigenvalue weighted by Crippen LogP contribution is 2.18. The third-order valence-corrected chi connectivity index (χ3v) is 4.22. The Bertz CT molecular complexity index is 570. The Kier molecular flexibility index (Phi) is 5.71. The van der Waals surface area contributed by atoms with Crippen LogP contribution in [-0.2, 0) is 14.9 Å². The molecule has 0 heterocycles. The fraction of sp³-hybridized carbons (Fsp3) is 0.364. The van der Waals surface area contributed by atoms with Crippen LogP contribution in [0.3, 0.4) is 0 Å². The summed E-state index contributed by atoms with van der Waals surface area (Å²) in [6.45, 7) is 3.98. The standard InChI is InChI=1S/C11H14INO5S/c1-7(2)6-18-13-19(16,17)8-3-4-10(12)9(5-8)11(14)15/h3-5,7,13H,6H2,1-2H3,(H,14,15). The second-order valence-electron chi connectivity index (χ2n) is 4.24. The number of carboxylic acids is 1. The van der Waals surface area contributed by atoms with E-state index in [2.05, 4.69) is 0 Å². The summed E-state index contributed by atoms with van der Waals surface area (Å²) >= 11 is 1.83. The molecule has 0 spiro atoms. The molecule has 1 rings (SSSR count). The van der Waals surface area contributed by atoms with Gasteiger partial charge in [0.1, 0.15) is 0 Å². The van der Waals surface area contributed by atoms with Crippen LogP contribution in [0, 0.1) is 9.49 Å². The van der Waals surface area contributed by atoms with Crippen molar-refractivity contribution in [3.8, 4) is 0 Å². The number of nitrogens with one attached hydrogen (secondary N) is 1. The molecule has 6 nitrogen and oxygen atoms in total. The first-order valence-corrected chi connectivity index (χ1v) is 7.96. The largest absolute Gasteiger partial charge is 0.478 e. The highest BCUT2D eigenvalue weighted by Gasteiger charge is 2.18. The summed E-state index contributed by atoms with van der Waals surface area (Å²) < 4.78 is 24.2. The summed E-state index contributed by atoms with van der Waals surface area (Å²) in [6, 6.07) is 3.86. The second kappa shape index (κ2) is 6.64. The molecule has 106 valence electrons. The van der Waals surface area contributed by atoms with Crippen molar-refractivity contribution in [2.75, 3.05) is 6.61 Å². The van der Waals surface area contributed by atoms with Gasteiger partial charge in [-0.3, -0.25) is 4.84 Å². The molecule has 1 aromatic rings. The molecular weight excluding hydrogens is 385 g/mol. The predicted octanol–water partition coefficient (Wildman–Crippen LogP) is 1.86. The van der Waals surface area contributed by atoms with E-state index in [1.807, 2.05) is 41.3 Å². The molecule has 0 atom stereocenters. The summed E-state index contributed by atoms with van der Waals surface area (Å²) in [5, 5.41) is 8.95. The van der Waals surface area contributed by atoms with Gasteiger partial charge in [-0.15, -0.1) is 0 Å². The van der Waals surface area contributed by atoms with Crippen LogP contribution < -0.4 is 4.89 Å². The SMILES string of the molecule is CC(C)CONS(=O)(=O)c1ccc(I)c(C(=O)O)c1. The molecule has 2 N–H and O–H groups in total. The van der Waals surface area contributed by atoms with Crippen molar-refractivity contribution < 1.29 is 23.2 Å². The van der Waals surface area contributed by atoms with E-state index in [0.717, 1.165) is 6.07 Å². The molecule has 0 aliphatic rings. The maximum absolute atomic E-state index is 11.9. The Morgan fingerprint density at radius 3 is 2.63 bits per heavy atom. The quantitative estimate of drug-likeness (QED) is 0.563. The van der Waals surface area contributed by atoms with Crippen LogP contribution in [0.4, 0.5) is 0 Å². The zero-order chi connectivity index (χ0) is 14.6. The number of rotatable bonds is 6. The second-order valence-corrected chi connectivity index (χ2v) is 7.05. The first kappa shape index (κ1) is 16.3. The first-order chi connectivity index (χ1) is 8.74. The molecule has 0 fully saturated rings. The Labute approximate surface area is 125 Å². The molecule has 0 bridgehead atoms. The lowest BCUT2D eigenvalue weighted by molar-refractivity contribution is 0.0694. The molecule has 8 heteroatoms. The summed E-state index contributed by atoms with van der Waals surface area (Å²) in [4.78, 5) is 17.6. The van der Waals surface area contributed by atoms with E-state index < -0.39 is 16.0 Å². The molecule has 0 saturated heterocycles. The van der Waals surface area contributed by atoms with Gasteiger partial charge in [-0.1, -0.05) is 18.7 Å². The number of aromatic carboxylic acids is 1. The van der Waals surface area contributed by atoms with E-state index in [-0.39, 0.29) is 23.0 Å². The molecule has 0 aliphatic heterocycles. The van der Waals surface area contributed by atoms with E-state index in [1.165, 1.54) is 12.1 Å². The monoisotopic (exact) mass is 399 g/mol. The lowest BCUT2D eigenvalue weighted by Crippen LogP contribution is -2.26. The van der Waals surface area contributed by atoms with Gasteiger partial charge in [0.15, 0.2) is 0 Å². The average molecular weight is 399 g/mol.